The Hall–Kier alpha value is -2.11. The van der Waals surface area contributed by atoms with E-state index >= 15 is 0 Å². The van der Waals surface area contributed by atoms with E-state index in [1.165, 1.54) is 12.1 Å². The van der Waals surface area contributed by atoms with E-state index in [9.17, 15) is 9.18 Å². The van der Waals surface area contributed by atoms with Gasteiger partial charge in [-0.3, -0.25) is 4.79 Å². The van der Waals surface area contributed by atoms with Gasteiger partial charge in [0, 0.05) is 6.42 Å². The molecule has 19 heavy (non-hydrogen) atoms. The van der Waals surface area contributed by atoms with E-state index in [1.54, 1.807) is 0 Å². The predicted octanol–water partition coefficient (Wildman–Crippen LogP) is 2.50. The molecule has 1 fully saturated rings. The Labute approximate surface area is 108 Å². The fraction of sp³-hybridized carbons (Fsp3) is 0.385. The number of hydrogen-bond acceptors (Lipinski definition) is 5. The molecule has 1 saturated carbocycles. The highest BCUT2D eigenvalue weighted by atomic mass is 19.1. The fourth-order valence-electron chi connectivity index (χ4n) is 2.23. The smallest absolute Gasteiger partial charge is 0.237 e. The Bertz CT molecular complexity index is 594. The monoisotopic (exact) mass is 261 g/mol. The van der Waals surface area contributed by atoms with Crippen molar-refractivity contribution in [2.75, 3.05) is 0 Å². The second kappa shape index (κ2) is 4.87. The maximum Gasteiger partial charge on any atom is 0.237 e. The van der Waals surface area contributed by atoms with Crippen LogP contribution >= 0.6 is 0 Å². The molecule has 0 aromatic carbocycles. The van der Waals surface area contributed by atoms with E-state index in [2.05, 4.69) is 15.1 Å². The normalized spacial score (nSPS) is 19.6. The highest BCUT2D eigenvalue weighted by Crippen LogP contribution is 2.29. The zero-order valence-electron chi connectivity index (χ0n) is 10.2. The summed E-state index contributed by atoms with van der Waals surface area (Å²) < 4.78 is 17.9. The van der Waals surface area contributed by atoms with Crippen LogP contribution in [-0.2, 0) is 4.79 Å². The van der Waals surface area contributed by atoms with Gasteiger partial charge in [0.25, 0.3) is 0 Å². The van der Waals surface area contributed by atoms with Crippen LogP contribution in [0.15, 0.2) is 22.9 Å². The van der Waals surface area contributed by atoms with Crippen LogP contribution in [0.2, 0.25) is 0 Å². The van der Waals surface area contributed by atoms with Crippen molar-refractivity contribution in [2.24, 2.45) is 0 Å². The van der Waals surface area contributed by atoms with E-state index < -0.39 is 5.82 Å². The number of nitrogens with zero attached hydrogens (tertiary/aromatic N) is 3. The van der Waals surface area contributed by atoms with Crippen molar-refractivity contribution in [1.82, 2.24) is 15.1 Å². The third-order valence-corrected chi connectivity index (χ3v) is 3.25. The number of halogens is 1. The lowest BCUT2D eigenvalue weighted by Crippen LogP contribution is -2.17. The summed E-state index contributed by atoms with van der Waals surface area (Å²) in [6.45, 7) is 0. The van der Waals surface area contributed by atoms with E-state index in [1.807, 2.05) is 0 Å². The summed E-state index contributed by atoms with van der Waals surface area (Å²) in [4.78, 5) is 19.9. The van der Waals surface area contributed by atoms with Gasteiger partial charge in [0.15, 0.2) is 0 Å². The van der Waals surface area contributed by atoms with Crippen LogP contribution in [0.25, 0.3) is 11.5 Å². The van der Waals surface area contributed by atoms with Crippen molar-refractivity contribution in [1.29, 1.82) is 0 Å². The molecule has 3 rings (SSSR count). The van der Waals surface area contributed by atoms with Crippen molar-refractivity contribution in [3.63, 3.8) is 0 Å². The van der Waals surface area contributed by atoms with E-state index in [4.69, 9.17) is 4.52 Å². The minimum atomic E-state index is -0.421. The molecule has 2 heterocycles. The van der Waals surface area contributed by atoms with Gasteiger partial charge in [-0.25, -0.2) is 9.37 Å². The lowest BCUT2D eigenvalue weighted by molar-refractivity contribution is -0.122. The number of Topliss-reactive ketones (excluding diaryl/α,β-unsaturated/α-hetero) is 1. The molecule has 0 N–H and O–H groups in total. The first-order valence-corrected chi connectivity index (χ1v) is 6.22. The Morgan fingerprint density at radius 3 is 2.95 bits per heavy atom. The van der Waals surface area contributed by atoms with Crippen molar-refractivity contribution in [3.05, 3.63) is 30.0 Å². The molecule has 1 unspecified atom stereocenters. The number of hydrogen-bond donors (Lipinski definition) is 0. The molecule has 0 amide bonds. The lowest BCUT2D eigenvalue weighted by atomic mass is 9.88. The molecule has 5 nitrogen and oxygen atoms in total. The summed E-state index contributed by atoms with van der Waals surface area (Å²) in [6, 6.07) is 2.76. The average Bonchev–Trinajstić information content (AvgIpc) is 2.89. The van der Waals surface area contributed by atoms with E-state index in [0.29, 0.717) is 18.0 Å². The van der Waals surface area contributed by atoms with Crippen molar-refractivity contribution >= 4 is 5.78 Å². The molecule has 0 saturated heterocycles. The molecular weight excluding hydrogens is 249 g/mol. The summed E-state index contributed by atoms with van der Waals surface area (Å²) in [5.74, 6) is 0.0538. The average molecular weight is 261 g/mol. The molecule has 0 radical (unpaired) electrons. The molecule has 0 bridgehead atoms. The van der Waals surface area contributed by atoms with Gasteiger partial charge in [-0.05, 0) is 25.0 Å². The van der Waals surface area contributed by atoms with E-state index in [0.717, 1.165) is 25.5 Å². The molecule has 0 spiro atoms. The Balaban J connectivity index is 1.86. The number of ketones is 1. The minimum Gasteiger partial charge on any atom is -0.338 e. The summed E-state index contributed by atoms with van der Waals surface area (Å²) in [5.41, 5.74) is 0.430. The van der Waals surface area contributed by atoms with Crippen LogP contribution in [0.1, 0.15) is 37.5 Å². The quantitative estimate of drug-likeness (QED) is 0.830. The van der Waals surface area contributed by atoms with Gasteiger partial charge in [-0.1, -0.05) is 11.6 Å². The first-order valence-electron chi connectivity index (χ1n) is 6.22. The zero-order chi connectivity index (χ0) is 13.2. The first-order chi connectivity index (χ1) is 9.24. The Morgan fingerprint density at radius 1 is 1.32 bits per heavy atom. The van der Waals surface area contributed by atoms with Crippen LogP contribution in [0.4, 0.5) is 4.39 Å². The van der Waals surface area contributed by atoms with Crippen LogP contribution < -0.4 is 0 Å². The van der Waals surface area contributed by atoms with Crippen molar-refractivity contribution in [3.8, 4) is 11.5 Å². The topological polar surface area (TPSA) is 68.9 Å². The van der Waals surface area contributed by atoms with Gasteiger partial charge >= 0.3 is 0 Å². The summed E-state index contributed by atoms with van der Waals surface area (Å²) in [5, 5.41) is 3.80. The molecule has 2 aromatic heterocycles. The predicted molar refractivity (Wildman–Crippen MR) is 63.7 cm³/mol. The largest absolute Gasteiger partial charge is 0.338 e. The van der Waals surface area contributed by atoms with Crippen LogP contribution in [0, 0.1) is 5.82 Å². The molecule has 1 aliphatic rings. The van der Waals surface area contributed by atoms with E-state index in [-0.39, 0.29) is 17.5 Å². The maximum absolute atomic E-state index is 12.8. The second-order valence-corrected chi connectivity index (χ2v) is 4.58. The van der Waals surface area contributed by atoms with Gasteiger partial charge in [-0.2, -0.15) is 4.98 Å². The molecular formula is C13H12FN3O2. The van der Waals surface area contributed by atoms with Gasteiger partial charge in [0.2, 0.25) is 11.7 Å². The number of rotatable bonds is 2. The minimum absolute atomic E-state index is 0.147. The molecule has 1 atom stereocenters. The molecule has 1 aliphatic carbocycles. The van der Waals surface area contributed by atoms with Gasteiger partial charge in [-0.15, -0.1) is 0 Å². The zero-order valence-corrected chi connectivity index (χ0v) is 10.2. The Morgan fingerprint density at radius 2 is 2.21 bits per heavy atom. The molecule has 2 aromatic rings. The standard InChI is InChI=1S/C13H12FN3O2/c14-8-5-6-10(15-7-8)12-16-13(19-17-12)9-3-1-2-4-11(9)18/h5-7,9H,1-4H2. The second-order valence-electron chi connectivity index (χ2n) is 4.58. The maximum atomic E-state index is 12.8. The van der Waals surface area contributed by atoms with Gasteiger partial charge < -0.3 is 4.52 Å². The number of pyridine rings is 1. The summed E-state index contributed by atoms with van der Waals surface area (Å²) >= 11 is 0. The third kappa shape index (κ3) is 2.38. The van der Waals surface area contributed by atoms with Crippen LogP contribution in [0.3, 0.4) is 0 Å². The molecule has 6 heteroatoms. The Kier molecular flexibility index (Phi) is 3.06. The molecule has 98 valence electrons. The van der Waals surface area contributed by atoms with Crippen LogP contribution in [0.5, 0.6) is 0 Å². The number of carbonyl (C=O) groups is 1. The fourth-order valence-corrected chi connectivity index (χ4v) is 2.23. The SMILES string of the molecule is O=C1CCCCC1c1nc(-c2ccc(F)cn2)no1. The van der Waals surface area contributed by atoms with Crippen LogP contribution in [-0.4, -0.2) is 20.9 Å². The highest BCUT2D eigenvalue weighted by molar-refractivity contribution is 5.85. The lowest BCUT2D eigenvalue weighted by Gasteiger charge is -2.16. The third-order valence-electron chi connectivity index (χ3n) is 3.25. The summed E-state index contributed by atoms with van der Waals surface area (Å²) in [6.07, 6.45) is 4.32. The van der Waals surface area contributed by atoms with Gasteiger partial charge in [0.1, 0.15) is 17.3 Å². The van der Waals surface area contributed by atoms with Gasteiger partial charge in [0.05, 0.1) is 12.1 Å². The summed E-state index contributed by atoms with van der Waals surface area (Å²) in [7, 11) is 0. The van der Waals surface area contributed by atoms with Crippen molar-refractivity contribution in [2.45, 2.75) is 31.6 Å². The highest BCUT2D eigenvalue weighted by Gasteiger charge is 2.29. The van der Waals surface area contributed by atoms with Crippen molar-refractivity contribution < 1.29 is 13.7 Å². The number of aromatic nitrogens is 3. The number of carbonyl (C=O) groups excluding carboxylic acids is 1. The molecule has 0 aliphatic heterocycles. The first kappa shape index (κ1) is 12.0.